The second-order valence-electron chi connectivity index (χ2n) is 17.0. The number of cyclic esters (lactones) is 1. The van der Waals surface area contributed by atoms with Crippen LogP contribution in [0.1, 0.15) is 110 Å². The van der Waals surface area contributed by atoms with Crippen LogP contribution in [0.4, 0.5) is 4.39 Å². The molecule has 66 heavy (non-hydrogen) atoms. The SMILES string of the molecule is CC[C@@]1(O)C(=O)OCc2c1cc1n(c2=O)Cc2c-1nc1cc(F)c(C)c3c1c2[C@@H](NC(=O)CCCNC(=O)CCC(=O)C(Cc1ccccc1)NC(=O)CCC(=O)CNC(=O)CCS)CC3. The summed E-state index contributed by atoms with van der Waals surface area (Å²) in [5, 5.41) is 23.1. The van der Waals surface area contributed by atoms with Crippen molar-refractivity contribution >= 4 is 64.7 Å². The van der Waals surface area contributed by atoms with E-state index in [1.54, 1.807) is 32.0 Å². The second kappa shape index (κ2) is 20.5. The minimum atomic E-state index is -2.02. The van der Waals surface area contributed by atoms with E-state index in [1.165, 1.54) is 10.6 Å². The summed E-state index contributed by atoms with van der Waals surface area (Å²) >= 11 is 3.98. The van der Waals surface area contributed by atoms with Gasteiger partial charge in [0.1, 0.15) is 12.4 Å². The second-order valence-corrected chi connectivity index (χ2v) is 17.4. The average molecular weight is 925 g/mol. The minimum absolute atomic E-state index is 0.0255. The highest BCUT2D eigenvalue weighted by Gasteiger charge is 2.46. The quantitative estimate of drug-likeness (QED) is 0.0377. The number of fused-ring (bicyclic) bond motifs is 5. The highest BCUT2D eigenvalue weighted by molar-refractivity contribution is 7.80. The number of carbonyl (C=O) groups is 7. The summed E-state index contributed by atoms with van der Waals surface area (Å²) in [7, 11) is 0. The fourth-order valence-corrected chi connectivity index (χ4v) is 9.23. The highest BCUT2D eigenvalue weighted by Crippen LogP contribution is 2.46. The molecule has 1 aliphatic carbocycles. The Bertz CT molecular complexity index is 2690. The van der Waals surface area contributed by atoms with Crippen molar-refractivity contribution in [2.24, 2.45) is 0 Å². The number of benzene rings is 2. The van der Waals surface area contributed by atoms with Crippen molar-refractivity contribution in [1.29, 1.82) is 0 Å². The van der Waals surface area contributed by atoms with Gasteiger partial charge in [-0.1, -0.05) is 37.3 Å². The molecule has 3 aliphatic rings. The number of thiol groups is 1. The predicted molar refractivity (Wildman–Crippen MR) is 243 cm³/mol. The molecule has 4 heterocycles. The van der Waals surface area contributed by atoms with Crippen molar-refractivity contribution in [3.63, 3.8) is 0 Å². The van der Waals surface area contributed by atoms with E-state index in [0.29, 0.717) is 52.0 Å². The first-order chi connectivity index (χ1) is 31.6. The predicted octanol–water partition coefficient (Wildman–Crippen LogP) is 3.39. The van der Waals surface area contributed by atoms with Crippen LogP contribution in [-0.2, 0) is 69.9 Å². The number of carbonyl (C=O) groups excluding carboxylic acids is 7. The lowest BCUT2D eigenvalue weighted by molar-refractivity contribution is -0.172. The van der Waals surface area contributed by atoms with Crippen LogP contribution in [-0.4, -0.2) is 80.7 Å². The number of hydrogen-bond donors (Lipinski definition) is 6. The number of Topliss-reactive ketones (excluding diaryl/α,β-unsaturated/α-hetero) is 2. The maximum atomic E-state index is 15.3. The van der Waals surface area contributed by atoms with Crippen LogP contribution in [0.2, 0.25) is 0 Å². The number of esters is 1. The maximum absolute atomic E-state index is 15.3. The molecule has 5 N–H and O–H groups in total. The zero-order valence-corrected chi connectivity index (χ0v) is 37.7. The lowest BCUT2D eigenvalue weighted by Gasteiger charge is -2.31. The van der Waals surface area contributed by atoms with E-state index in [-0.39, 0.29) is 119 Å². The van der Waals surface area contributed by atoms with Crippen molar-refractivity contribution in [1.82, 2.24) is 30.8 Å². The van der Waals surface area contributed by atoms with Gasteiger partial charge >= 0.3 is 5.97 Å². The Balaban J connectivity index is 0.959. The van der Waals surface area contributed by atoms with Gasteiger partial charge in [-0.15, -0.1) is 0 Å². The van der Waals surface area contributed by atoms with Gasteiger partial charge in [-0.3, -0.25) is 33.6 Å². The van der Waals surface area contributed by atoms with Crippen molar-refractivity contribution in [2.45, 2.75) is 115 Å². The summed E-state index contributed by atoms with van der Waals surface area (Å²) in [5.41, 5.74) is 2.43. The molecule has 18 heteroatoms. The largest absolute Gasteiger partial charge is 0.458 e. The Kier molecular flexibility index (Phi) is 14.8. The first-order valence-corrected chi connectivity index (χ1v) is 22.9. The molecule has 2 aromatic heterocycles. The minimum Gasteiger partial charge on any atom is -0.458 e. The van der Waals surface area contributed by atoms with Crippen molar-refractivity contribution < 1.29 is 47.8 Å². The molecule has 7 rings (SSSR count). The topological polar surface area (TPSA) is 232 Å². The number of aliphatic hydroxyl groups is 1. The van der Waals surface area contributed by atoms with Gasteiger partial charge in [-0.2, -0.15) is 12.6 Å². The molecule has 348 valence electrons. The molecule has 0 bridgehead atoms. The Morgan fingerprint density at radius 3 is 2.42 bits per heavy atom. The lowest BCUT2D eigenvalue weighted by atomic mass is 9.81. The molecule has 4 aromatic rings. The fraction of sp³-hybridized carbons (Fsp3) is 0.438. The van der Waals surface area contributed by atoms with Crippen LogP contribution in [0.15, 0.2) is 47.3 Å². The number of halogens is 1. The third-order valence-corrected chi connectivity index (χ3v) is 12.9. The Morgan fingerprint density at radius 2 is 1.68 bits per heavy atom. The zero-order chi connectivity index (χ0) is 47.3. The first kappa shape index (κ1) is 47.7. The number of pyridine rings is 2. The van der Waals surface area contributed by atoms with Gasteiger partial charge in [0.25, 0.3) is 5.56 Å². The van der Waals surface area contributed by atoms with Gasteiger partial charge in [0.15, 0.2) is 17.2 Å². The molecule has 1 unspecified atom stereocenters. The summed E-state index contributed by atoms with van der Waals surface area (Å²) < 4.78 is 22.1. The van der Waals surface area contributed by atoms with E-state index in [4.69, 9.17) is 9.72 Å². The standard InChI is InChI=1S/C48H53FN6O10S/c1-3-48(64)32-21-37-45-30(24-55(37)46(62)31(32)25-65-47(48)63)44-34(13-12-29-26(2)33(49)22-36(54-45)43(29)44)52-41(60)10-7-18-50-39(58)16-14-38(57)35(20-27-8-5-4-6-9-27)53-42(61)15-11-28(56)23-51-40(59)17-19-66/h4-6,8-9,21-22,34-35,64,66H,3,7,10-20,23-25H2,1-2H3,(H,50,58)(H,51,59)(H,52,60)(H,53,61)/t34-,35?,48-/m0/s1. The molecular formula is C48H53FN6O10S. The van der Waals surface area contributed by atoms with E-state index in [2.05, 4.69) is 33.9 Å². The third-order valence-electron chi connectivity index (χ3n) is 12.7. The first-order valence-electron chi connectivity index (χ1n) is 22.3. The number of rotatable bonds is 20. The van der Waals surface area contributed by atoms with Crippen LogP contribution in [0.25, 0.3) is 22.3 Å². The molecule has 2 aromatic carbocycles. The van der Waals surface area contributed by atoms with Crippen LogP contribution in [0.3, 0.4) is 0 Å². The van der Waals surface area contributed by atoms with Crippen LogP contribution < -0.4 is 26.8 Å². The summed E-state index contributed by atoms with van der Waals surface area (Å²) in [5.74, 6) is -3.18. The third kappa shape index (κ3) is 10.1. The summed E-state index contributed by atoms with van der Waals surface area (Å²) in [6, 6.07) is 10.5. The number of nitrogens with zero attached hydrogens (tertiary/aromatic N) is 2. The highest BCUT2D eigenvalue weighted by atomic mass is 32.1. The van der Waals surface area contributed by atoms with Crippen molar-refractivity contribution in [3.8, 4) is 11.4 Å². The molecule has 16 nitrogen and oxygen atoms in total. The van der Waals surface area contributed by atoms with E-state index < -0.39 is 46.8 Å². The monoisotopic (exact) mass is 924 g/mol. The fourth-order valence-electron chi connectivity index (χ4n) is 9.03. The Hall–Kier alpha value is -6.27. The number of aromatic nitrogens is 2. The van der Waals surface area contributed by atoms with Gasteiger partial charge < -0.3 is 35.7 Å². The van der Waals surface area contributed by atoms with Gasteiger partial charge in [0, 0.05) is 67.6 Å². The van der Waals surface area contributed by atoms with Crippen LogP contribution >= 0.6 is 12.6 Å². The maximum Gasteiger partial charge on any atom is 0.343 e. The van der Waals surface area contributed by atoms with E-state index in [1.807, 2.05) is 18.2 Å². The molecule has 2 aliphatic heterocycles. The molecule has 0 fully saturated rings. The van der Waals surface area contributed by atoms with Crippen LogP contribution in [0.5, 0.6) is 0 Å². The number of hydrogen-bond acceptors (Lipinski definition) is 12. The molecular weight excluding hydrogens is 872 g/mol. The van der Waals surface area contributed by atoms with Crippen LogP contribution in [0, 0.1) is 12.7 Å². The lowest BCUT2D eigenvalue weighted by Crippen LogP contribution is -2.44. The number of ketones is 2. The Labute approximate surface area is 385 Å². The molecule has 3 atom stereocenters. The normalized spacial score (nSPS) is 17.2. The van der Waals surface area contributed by atoms with Gasteiger partial charge in [0.05, 0.1) is 47.6 Å². The van der Waals surface area contributed by atoms with Gasteiger partial charge in [-0.25, -0.2) is 14.2 Å². The number of ether oxygens (including phenoxy) is 1. The molecule has 4 amide bonds. The number of nitrogens with one attached hydrogen (secondary N) is 4. The smallest absolute Gasteiger partial charge is 0.343 e. The van der Waals surface area contributed by atoms with Crippen molar-refractivity contribution in [2.75, 3.05) is 18.8 Å². The van der Waals surface area contributed by atoms with E-state index in [9.17, 15) is 43.5 Å². The summed E-state index contributed by atoms with van der Waals surface area (Å²) in [6.45, 7) is 3.07. The zero-order valence-electron chi connectivity index (χ0n) is 36.9. The molecule has 0 spiro atoms. The summed E-state index contributed by atoms with van der Waals surface area (Å²) in [4.78, 5) is 108. The average Bonchev–Trinajstić information content (AvgIpc) is 3.67. The van der Waals surface area contributed by atoms with Gasteiger partial charge in [-0.05, 0) is 73.1 Å². The molecule has 0 saturated heterocycles. The Morgan fingerprint density at radius 1 is 0.939 bits per heavy atom. The van der Waals surface area contributed by atoms with Crippen molar-refractivity contribution in [3.05, 3.63) is 97.6 Å². The molecule has 0 radical (unpaired) electrons. The van der Waals surface area contributed by atoms with E-state index in [0.717, 1.165) is 16.7 Å². The molecule has 0 saturated carbocycles. The summed E-state index contributed by atoms with van der Waals surface area (Å²) in [6.07, 6.45) is 0.924. The number of amides is 4. The number of aryl methyl sites for hydroxylation is 1. The van der Waals surface area contributed by atoms with Gasteiger partial charge in [0.2, 0.25) is 23.6 Å². The van der Waals surface area contributed by atoms with E-state index >= 15 is 4.39 Å².